The second-order valence-corrected chi connectivity index (χ2v) is 5.12. The van der Waals surface area contributed by atoms with Crippen LogP contribution in [0.15, 0.2) is 55.0 Å². The molecule has 0 aliphatic rings. The molecule has 3 nitrogen and oxygen atoms in total. The first-order valence-electron chi connectivity index (χ1n) is 7.33. The van der Waals surface area contributed by atoms with Crippen molar-refractivity contribution in [2.45, 2.75) is 26.4 Å². The molecule has 0 atom stereocenters. The first-order valence-corrected chi connectivity index (χ1v) is 7.33. The molecule has 2 aromatic heterocycles. The fraction of sp³-hybridized carbons (Fsp3) is 0.222. The van der Waals surface area contributed by atoms with Crippen LogP contribution in [-0.2, 0) is 19.5 Å². The van der Waals surface area contributed by atoms with Crippen molar-refractivity contribution in [3.8, 4) is 0 Å². The maximum absolute atomic E-state index is 4.46. The lowest BCUT2D eigenvalue weighted by Crippen LogP contribution is -2.15. The van der Waals surface area contributed by atoms with E-state index in [-0.39, 0.29) is 0 Å². The summed E-state index contributed by atoms with van der Waals surface area (Å²) in [6.45, 7) is 3.81. The van der Waals surface area contributed by atoms with Crippen LogP contribution in [0.25, 0.3) is 10.8 Å². The number of pyridine rings is 2. The van der Waals surface area contributed by atoms with E-state index in [4.69, 9.17) is 0 Å². The highest BCUT2D eigenvalue weighted by atomic mass is 14.9. The maximum Gasteiger partial charge on any atom is 0.0573 e. The molecular formula is C18H19N3. The molecule has 21 heavy (non-hydrogen) atoms. The summed E-state index contributed by atoms with van der Waals surface area (Å²) in [7, 11) is 0. The van der Waals surface area contributed by atoms with Gasteiger partial charge in [0.15, 0.2) is 0 Å². The Kier molecular flexibility index (Phi) is 4.22. The second-order valence-electron chi connectivity index (χ2n) is 5.12. The minimum absolute atomic E-state index is 0.804. The lowest BCUT2D eigenvalue weighted by atomic mass is 10.1. The van der Waals surface area contributed by atoms with Gasteiger partial charge in [-0.3, -0.25) is 9.97 Å². The Morgan fingerprint density at radius 3 is 2.86 bits per heavy atom. The van der Waals surface area contributed by atoms with Crippen LogP contribution in [0.4, 0.5) is 0 Å². The quantitative estimate of drug-likeness (QED) is 0.776. The minimum Gasteiger partial charge on any atom is -0.307 e. The van der Waals surface area contributed by atoms with Crippen molar-refractivity contribution in [2.24, 2.45) is 0 Å². The molecule has 1 N–H and O–H groups in total. The second kappa shape index (κ2) is 6.46. The Morgan fingerprint density at radius 2 is 1.95 bits per heavy atom. The number of nitrogens with zero attached hydrogens (tertiary/aromatic N) is 2. The summed E-state index contributed by atoms with van der Waals surface area (Å²) in [6, 6.07) is 12.7. The first-order chi connectivity index (χ1) is 10.4. The summed E-state index contributed by atoms with van der Waals surface area (Å²) in [5, 5.41) is 5.89. The van der Waals surface area contributed by atoms with Gasteiger partial charge in [-0.2, -0.15) is 0 Å². The van der Waals surface area contributed by atoms with Crippen molar-refractivity contribution in [1.82, 2.24) is 15.3 Å². The van der Waals surface area contributed by atoms with Gasteiger partial charge in [0.25, 0.3) is 0 Å². The Hall–Kier alpha value is -2.26. The Bertz CT molecular complexity index is 737. The van der Waals surface area contributed by atoms with Gasteiger partial charge in [0.05, 0.1) is 5.69 Å². The third-order valence-corrected chi connectivity index (χ3v) is 3.69. The Morgan fingerprint density at radius 1 is 1.00 bits per heavy atom. The fourth-order valence-corrected chi connectivity index (χ4v) is 2.52. The largest absolute Gasteiger partial charge is 0.307 e. The summed E-state index contributed by atoms with van der Waals surface area (Å²) in [4.78, 5) is 8.60. The van der Waals surface area contributed by atoms with Crippen molar-refractivity contribution in [2.75, 3.05) is 0 Å². The van der Waals surface area contributed by atoms with E-state index in [0.717, 1.165) is 25.2 Å². The predicted molar refractivity (Wildman–Crippen MR) is 85.9 cm³/mol. The normalized spacial score (nSPS) is 10.9. The predicted octanol–water partition coefficient (Wildman–Crippen LogP) is 3.48. The molecule has 0 radical (unpaired) electrons. The van der Waals surface area contributed by atoms with Gasteiger partial charge in [-0.15, -0.1) is 0 Å². The highest BCUT2D eigenvalue weighted by molar-refractivity contribution is 5.81. The SMILES string of the molecule is CCc1cccnc1CNCc1ccc2cnccc2c1. The van der Waals surface area contributed by atoms with E-state index in [0.29, 0.717) is 0 Å². The molecule has 0 saturated carbocycles. The lowest BCUT2D eigenvalue weighted by Gasteiger charge is -2.09. The van der Waals surface area contributed by atoms with Crippen molar-refractivity contribution in [1.29, 1.82) is 0 Å². The number of hydrogen-bond donors (Lipinski definition) is 1. The van der Waals surface area contributed by atoms with Crippen LogP contribution in [0.1, 0.15) is 23.7 Å². The summed E-state index contributed by atoms with van der Waals surface area (Å²) < 4.78 is 0. The van der Waals surface area contributed by atoms with Gasteiger partial charge in [-0.25, -0.2) is 0 Å². The molecule has 0 bridgehead atoms. The highest BCUT2D eigenvalue weighted by Gasteiger charge is 2.01. The first kappa shape index (κ1) is 13.7. The fourth-order valence-electron chi connectivity index (χ4n) is 2.52. The highest BCUT2D eigenvalue weighted by Crippen LogP contribution is 2.14. The number of aryl methyl sites for hydroxylation is 1. The van der Waals surface area contributed by atoms with Crippen LogP contribution < -0.4 is 5.32 Å². The molecule has 0 fully saturated rings. The number of fused-ring (bicyclic) bond motifs is 1. The summed E-state index contributed by atoms with van der Waals surface area (Å²) in [5.41, 5.74) is 3.74. The van der Waals surface area contributed by atoms with Crippen molar-refractivity contribution < 1.29 is 0 Å². The van der Waals surface area contributed by atoms with Gasteiger partial charge in [0.1, 0.15) is 0 Å². The smallest absolute Gasteiger partial charge is 0.0573 e. The van der Waals surface area contributed by atoms with Gasteiger partial charge in [-0.1, -0.05) is 25.1 Å². The lowest BCUT2D eigenvalue weighted by molar-refractivity contribution is 0.674. The van der Waals surface area contributed by atoms with E-state index in [2.05, 4.69) is 46.5 Å². The van der Waals surface area contributed by atoms with Crippen LogP contribution in [-0.4, -0.2) is 9.97 Å². The van der Waals surface area contributed by atoms with Crippen LogP contribution in [0.5, 0.6) is 0 Å². The number of hydrogen-bond acceptors (Lipinski definition) is 3. The zero-order chi connectivity index (χ0) is 14.5. The molecular weight excluding hydrogens is 258 g/mol. The number of benzene rings is 1. The van der Waals surface area contributed by atoms with E-state index in [1.807, 2.05) is 30.7 Å². The molecule has 3 heteroatoms. The van der Waals surface area contributed by atoms with E-state index in [9.17, 15) is 0 Å². The standard InChI is InChI=1S/C18H19N3/c1-2-15-4-3-8-21-18(15)13-20-11-14-5-6-17-12-19-9-7-16(17)10-14/h3-10,12,20H,2,11,13H2,1H3. The van der Waals surface area contributed by atoms with Gasteiger partial charge in [0, 0.05) is 37.1 Å². The number of nitrogens with one attached hydrogen (secondary N) is 1. The average molecular weight is 277 g/mol. The molecule has 0 aliphatic carbocycles. The molecule has 1 aromatic carbocycles. The van der Waals surface area contributed by atoms with Gasteiger partial charge >= 0.3 is 0 Å². The third kappa shape index (κ3) is 3.26. The van der Waals surface area contributed by atoms with Crippen molar-refractivity contribution in [3.63, 3.8) is 0 Å². The summed E-state index contributed by atoms with van der Waals surface area (Å²) in [5.74, 6) is 0. The maximum atomic E-state index is 4.46. The molecule has 3 aromatic rings. The van der Waals surface area contributed by atoms with Crippen LogP contribution in [0, 0.1) is 0 Å². The van der Waals surface area contributed by atoms with Crippen LogP contribution >= 0.6 is 0 Å². The van der Waals surface area contributed by atoms with E-state index in [1.165, 1.54) is 21.9 Å². The molecule has 0 aliphatic heterocycles. The van der Waals surface area contributed by atoms with E-state index >= 15 is 0 Å². The minimum atomic E-state index is 0.804. The topological polar surface area (TPSA) is 37.8 Å². The zero-order valence-electron chi connectivity index (χ0n) is 12.2. The van der Waals surface area contributed by atoms with Gasteiger partial charge in [0.2, 0.25) is 0 Å². The molecule has 0 unspecified atom stereocenters. The summed E-state index contributed by atoms with van der Waals surface area (Å²) >= 11 is 0. The van der Waals surface area contributed by atoms with Gasteiger partial charge < -0.3 is 5.32 Å². The number of rotatable bonds is 5. The molecule has 0 amide bonds. The van der Waals surface area contributed by atoms with Crippen LogP contribution in [0.2, 0.25) is 0 Å². The van der Waals surface area contributed by atoms with Crippen molar-refractivity contribution >= 4 is 10.8 Å². The van der Waals surface area contributed by atoms with Gasteiger partial charge in [-0.05, 0) is 41.1 Å². The molecule has 2 heterocycles. The summed E-state index contributed by atoms with van der Waals surface area (Å²) in [6.07, 6.45) is 6.61. The monoisotopic (exact) mass is 277 g/mol. The molecule has 106 valence electrons. The Balaban J connectivity index is 1.66. The number of aromatic nitrogens is 2. The Labute approximate surface area is 125 Å². The molecule has 3 rings (SSSR count). The van der Waals surface area contributed by atoms with Crippen LogP contribution in [0.3, 0.4) is 0 Å². The van der Waals surface area contributed by atoms with Crippen molar-refractivity contribution in [3.05, 3.63) is 71.8 Å². The zero-order valence-corrected chi connectivity index (χ0v) is 12.2. The third-order valence-electron chi connectivity index (χ3n) is 3.69. The molecule has 0 spiro atoms. The van der Waals surface area contributed by atoms with E-state index < -0.39 is 0 Å². The van der Waals surface area contributed by atoms with E-state index in [1.54, 1.807) is 0 Å². The average Bonchev–Trinajstić information content (AvgIpc) is 2.55. The molecule has 0 saturated heterocycles.